The van der Waals surface area contributed by atoms with Crippen LogP contribution in [0.25, 0.3) is 0 Å². The van der Waals surface area contributed by atoms with E-state index >= 15 is 0 Å². The predicted octanol–water partition coefficient (Wildman–Crippen LogP) is 4.39. The number of benzene rings is 2. The Morgan fingerprint density at radius 1 is 1.10 bits per heavy atom. The van der Waals surface area contributed by atoms with E-state index < -0.39 is 0 Å². The van der Waals surface area contributed by atoms with Gasteiger partial charge in [0.15, 0.2) is 0 Å². The highest BCUT2D eigenvalue weighted by Crippen LogP contribution is 2.26. The van der Waals surface area contributed by atoms with E-state index in [1.807, 2.05) is 0 Å². The van der Waals surface area contributed by atoms with Gasteiger partial charge in [0, 0.05) is 12.5 Å². The molecule has 0 saturated heterocycles. The summed E-state index contributed by atoms with van der Waals surface area (Å²) in [6.07, 6.45) is 6.18. The van der Waals surface area contributed by atoms with E-state index in [1.54, 1.807) is 0 Å². The zero-order chi connectivity index (χ0) is 15.2. The monoisotopic (exact) mass is 277 g/mol. The Hall–Kier alpha value is -2.04. The molecule has 0 bridgehead atoms. The molecular formula is C20H23N. The molecule has 0 aromatic heterocycles. The summed E-state index contributed by atoms with van der Waals surface area (Å²) in [6, 6.07) is 17.6. The summed E-state index contributed by atoms with van der Waals surface area (Å²) in [4.78, 5) is 0. The van der Waals surface area contributed by atoms with Crippen molar-refractivity contribution in [2.75, 3.05) is 0 Å². The van der Waals surface area contributed by atoms with Gasteiger partial charge in [-0.15, -0.1) is 12.3 Å². The SMILES string of the molecule is C#CCC(C)NC(c1ccccc1)c1cc(C)ccc1C. The summed E-state index contributed by atoms with van der Waals surface area (Å²) >= 11 is 0. The molecule has 0 aliphatic rings. The van der Waals surface area contributed by atoms with Gasteiger partial charge in [0.05, 0.1) is 6.04 Å². The van der Waals surface area contributed by atoms with Crippen LogP contribution in [0.2, 0.25) is 0 Å². The van der Waals surface area contributed by atoms with Crippen LogP contribution in [0.1, 0.15) is 41.6 Å². The average molecular weight is 277 g/mol. The Morgan fingerprint density at radius 3 is 2.48 bits per heavy atom. The minimum Gasteiger partial charge on any atom is -0.303 e. The molecule has 0 saturated carbocycles. The van der Waals surface area contributed by atoms with Gasteiger partial charge in [-0.3, -0.25) is 0 Å². The highest BCUT2D eigenvalue weighted by Gasteiger charge is 2.18. The molecule has 0 aliphatic carbocycles. The standard InChI is InChI=1S/C20H23N/c1-5-9-17(4)21-20(18-10-7-6-8-11-18)19-14-15(2)12-13-16(19)3/h1,6-8,10-14,17,20-21H,9H2,2-4H3. The number of rotatable bonds is 5. The van der Waals surface area contributed by atoms with Crippen LogP contribution in [0.5, 0.6) is 0 Å². The molecule has 1 heteroatoms. The molecule has 2 unspecified atom stereocenters. The smallest absolute Gasteiger partial charge is 0.0581 e. The Morgan fingerprint density at radius 2 is 1.81 bits per heavy atom. The maximum Gasteiger partial charge on any atom is 0.0581 e. The molecule has 2 aromatic rings. The van der Waals surface area contributed by atoms with Crippen molar-refractivity contribution < 1.29 is 0 Å². The number of nitrogens with one attached hydrogen (secondary N) is 1. The average Bonchev–Trinajstić information content (AvgIpc) is 2.49. The van der Waals surface area contributed by atoms with Crippen molar-refractivity contribution in [3.05, 3.63) is 70.8 Å². The zero-order valence-electron chi connectivity index (χ0n) is 13.1. The molecule has 1 N–H and O–H groups in total. The van der Waals surface area contributed by atoms with Gasteiger partial charge in [-0.25, -0.2) is 0 Å². The first kappa shape index (κ1) is 15.4. The van der Waals surface area contributed by atoms with Gasteiger partial charge in [-0.05, 0) is 37.5 Å². The normalized spacial score (nSPS) is 13.4. The van der Waals surface area contributed by atoms with E-state index in [0.29, 0.717) is 0 Å². The van der Waals surface area contributed by atoms with Gasteiger partial charge in [-0.2, -0.15) is 0 Å². The first-order chi connectivity index (χ1) is 10.1. The molecule has 0 fully saturated rings. The van der Waals surface area contributed by atoms with Crippen molar-refractivity contribution in [2.45, 2.75) is 39.3 Å². The summed E-state index contributed by atoms with van der Waals surface area (Å²) in [5, 5.41) is 3.68. The first-order valence-corrected chi connectivity index (χ1v) is 7.43. The van der Waals surface area contributed by atoms with Gasteiger partial charge in [0.25, 0.3) is 0 Å². The Labute approximate surface area is 128 Å². The summed E-state index contributed by atoms with van der Waals surface area (Å²) in [5.41, 5.74) is 5.18. The molecule has 2 aromatic carbocycles. The second kappa shape index (κ2) is 7.11. The summed E-state index contributed by atoms with van der Waals surface area (Å²) < 4.78 is 0. The number of hydrogen-bond acceptors (Lipinski definition) is 1. The van der Waals surface area contributed by atoms with E-state index in [-0.39, 0.29) is 12.1 Å². The molecule has 108 valence electrons. The maximum absolute atomic E-state index is 5.45. The molecule has 0 amide bonds. The van der Waals surface area contributed by atoms with Crippen LogP contribution >= 0.6 is 0 Å². The van der Waals surface area contributed by atoms with Crippen LogP contribution in [0.3, 0.4) is 0 Å². The summed E-state index contributed by atoms with van der Waals surface area (Å²) in [6.45, 7) is 6.44. The topological polar surface area (TPSA) is 12.0 Å². The number of terminal acetylenes is 1. The van der Waals surface area contributed by atoms with E-state index in [0.717, 1.165) is 6.42 Å². The summed E-state index contributed by atoms with van der Waals surface area (Å²) in [7, 11) is 0. The number of aryl methyl sites for hydroxylation is 2. The third-order valence-electron chi connectivity index (χ3n) is 3.75. The zero-order valence-corrected chi connectivity index (χ0v) is 13.1. The highest BCUT2D eigenvalue weighted by molar-refractivity contribution is 5.39. The second-order valence-electron chi connectivity index (χ2n) is 5.68. The van der Waals surface area contributed by atoms with Crippen LogP contribution < -0.4 is 5.32 Å². The molecular weight excluding hydrogens is 254 g/mol. The molecule has 0 heterocycles. The third kappa shape index (κ3) is 3.97. The van der Waals surface area contributed by atoms with E-state index in [1.165, 1.54) is 22.3 Å². The fraction of sp³-hybridized carbons (Fsp3) is 0.300. The highest BCUT2D eigenvalue weighted by atomic mass is 14.9. The summed E-state index contributed by atoms with van der Waals surface area (Å²) in [5.74, 6) is 2.74. The molecule has 2 atom stereocenters. The van der Waals surface area contributed by atoms with Gasteiger partial charge < -0.3 is 5.32 Å². The van der Waals surface area contributed by atoms with Gasteiger partial charge in [-0.1, -0.05) is 54.1 Å². The lowest BCUT2D eigenvalue weighted by molar-refractivity contribution is 0.505. The van der Waals surface area contributed by atoms with Crippen molar-refractivity contribution >= 4 is 0 Å². The molecule has 21 heavy (non-hydrogen) atoms. The Kier molecular flexibility index (Phi) is 5.20. The lowest BCUT2D eigenvalue weighted by atomic mass is 9.93. The van der Waals surface area contributed by atoms with Gasteiger partial charge in [0.2, 0.25) is 0 Å². The molecule has 2 rings (SSSR count). The van der Waals surface area contributed by atoms with E-state index in [9.17, 15) is 0 Å². The van der Waals surface area contributed by atoms with E-state index in [4.69, 9.17) is 6.42 Å². The van der Waals surface area contributed by atoms with Crippen LogP contribution in [-0.2, 0) is 0 Å². The predicted molar refractivity (Wildman–Crippen MR) is 90.2 cm³/mol. The quantitative estimate of drug-likeness (QED) is 0.799. The maximum atomic E-state index is 5.45. The first-order valence-electron chi connectivity index (χ1n) is 7.43. The van der Waals surface area contributed by atoms with Crippen LogP contribution in [0, 0.1) is 26.2 Å². The van der Waals surface area contributed by atoms with Crippen molar-refractivity contribution in [1.82, 2.24) is 5.32 Å². The van der Waals surface area contributed by atoms with Crippen molar-refractivity contribution in [2.24, 2.45) is 0 Å². The Bertz CT molecular complexity index is 622. The lowest BCUT2D eigenvalue weighted by Crippen LogP contribution is -2.31. The van der Waals surface area contributed by atoms with Crippen molar-refractivity contribution in [3.8, 4) is 12.3 Å². The molecule has 0 radical (unpaired) electrons. The van der Waals surface area contributed by atoms with Crippen LogP contribution in [0.15, 0.2) is 48.5 Å². The fourth-order valence-electron chi connectivity index (χ4n) is 2.60. The lowest BCUT2D eigenvalue weighted by Gasteiger charge is -2.25. The van der Waals surface area contributed by atoms with Crippen LogP contribution in [-0.4, -0.2) is 6.04 Å². The molecule has 1 nitrogen and oxygen atoms in total. The molecule has 0 spiro atoms. The number of hydrogen-bond donors (Lipinski definition) is 1. The second-order valence-corrected chi connectivity index (χ2v) is 5.68. The fourth-order valence-corrected chi connectivity index (χ4v) is 2.60. The third-order valence-corrected chi connectivity index (χ3v) is 3.75. The van der Waals surface area contributed by atoms with Crippen LogP contribution in [0.4, 0.5) is 0 Å². The van der Waals surface area contributed by atoms with E-state index in [2.05, 4.69) is 80.5 Å². The Balaban J connectivity index is 2.41. The molecule has 0 aliphatic heterocycles. The largest absolute Gasteiger partial charge is 0.303 e. The minimum atomic E-state index is 0.175. The van der Waals surface area contributed by atoms with Crippen molar-refractivity contribution in [1.29, 1.82) is 0 Å². The van der Waals surface area contributed by atoms with Gasteiger partial charge in [0.1, 0.15) is 0 Å². The van der Waals surface area contributed by atoms with Gasteiger partial charge >= 0.3 is 0 Å². The van der Waals surface area contributed by atoms with Crippen molar-refractivity contribution in [3.63, 3.8) is 0 Å². The minimum absolute atomic E-state index is 0.175.